The number of aryl methyl sites for hydroxylation is 1. The summed E-state index contributed by atoms with van der Waals surface area (Å²) in [5, 5.41) is 3.74. The fourth-order valence-electron chi connectivity index (χ4n) is 3.10. The van der Waals surface area contributed by atoms with E-state index in [0.29, 0.717) is 28.7 Å². The third-order valence-corrected chi connectivity index (χ3v) is 5.22. The zero-order valence-corrected chi connectivity index (χ0v) is 18.2. The Morgan fingerprint density at radius 1 is 1.03 bits per heavy atom. The number of nitrogens with one attached hydrogen (secondary N) is 1. The van der Waals surface area contributed by atoms with Gasteiger partial charge in [-0.15, -0.1) is 0 Å². The van der Waals surface area contributed by atoms with E-state index < -0.39 is 0 Å². The van der Waals surface area contributed by atoms with Gasteiger partial charge < -0.3 is 14.8 Å². The first-order valence-electron chi connectivity index (χ1n) is 9.98. The van der Waals surface area contributed by atoms with Crippen molar-refractivity contribution in [3.05, 3.63) is 94.0 Å². The van der Waals surface area contributed by atoms with Crippen LogP contribution >= 0.6 is 11.6 Å². The molecule has 156 valence electrons. The maximum atomic E-state index is 12.8. The number of rotatable bonds is 8. The highest BCUT2D eigenvalue weighted by Crippen LogP contribution is 2.25. The van der Waals surface area contributed by atoms with Crippen molar-refractivity contribution in [3.8, 4) is 11.5 Å². The molecular weight excluding hydrogens is 398 g/mol. The summed E-state index contributed by atoms with van der Waals surface area (Å²) in [6, 6.07) is 20.7. The lowest BCUT2D eigenvalue weighted by molar-refractivity contribution is 0.0939. The number of amides is 1. The maximum Gasteiger partial charge on any atom is 0.251 e. The monoisotopic (exact) mass is 423 g/mol. The molecule has 0 fully saturated rings. The van der Waals surface area contributed by atoms with Crippen molar-refractivity contribution in [2.24, 2.45) is 0 Å². The maximum absolute atomic E-state index is 12.8. The lowest BCUT2D eigenvalue weighted by atomic mass is 10.1. The largest absolute Gasteiger partial charge is 0.493 e. The lowest BCUT2D eigenvalue weighted by Gasteiger charge is -2.16. The molecule has 30 heavy (non-hydrogen) atoms. The summed E-state index contributed by atoms with van der Waals surface area (Å²) < 4.78 is 11.7. The number of hydrogen-bond acceptors (Lipinski definition) is 3. The van der Waals surface area contributed by atoms with Crippen molar-refractivity contribution in [1.82, 2.24) is 5.32 Å². The summed E-state index contributed by atoms with van der Waals surface area (Å²) in [5.74, 6) is 1.28. The van der Waals surface area contributed by atoms with Gasteiger partial charge in [0.15, 0.2) is 0 Å². The Kier molecular flexibility index (Phi) is 7.36. The summed E-state index contributed by atoms with van der Waals surface area (Å²) >= 11 is 6.09. The number of carbonyl (C=O) groups excluding carboxylic acids is 1. The molecule has 0 aliphatic carbocycles. The molecule has 0 bridgehead atoms. The Morgan fingerprint density at radius 2 is 1.80 bits per heavy atom. The molecule has 0 saturated heterocycles. The van der Waals surface area contributed by atoms with Gasteiger partial charge in [0, 0.05) is 16.1 Å². The summed E-state index contributed by atoms with van der Waals surface area (Å²) in [6.45, 7) is 6.64. The van der Waals surface area contributed by atoms with E-state index >= 15 is 0 Å². The molecule has 0 aliphatic rings. The highest BCUT2D eigenvalue weighted by Gasteiger charge is 2.14. The molecule has 0 aromatic heterocycles. The molecule has 3 aromatic carbocycles. The van der Waals surface area contributed by atoms with Crippen LogP contribution in [0.4, 0.5) is 0 Å². The van der Waals surface area contributed by atoms with Crippen LogP contribution in [0.25, 0.3) is 0 Å². The summed E-state index contributed by atoms with van der Waals surface area (Å²) in [4.78, 5) is 12.8. The average Bonchev–Trinajstić information content (AvgIpc) is 2.76. The zero-order valence-electron chi connectivity index (χ0n) is 17.4. The highest BCUT2D eigenvalue weighted by atomic mass is 35.5. The minimum atomic E-state index is -0.141. The van der Waals surface area contributed by atoms with Gasteiger partial charge in [0.25, 0.3) is 5.91 Å². The van der Waals surface area contributed by atoms with Gasteiger partial charge in [-0.1, -0.05) is 41.9 Å². The Hall–Kier alpha value is -2.98. The van der Waals surface area contributed by atoms with Crippen molar-refractivity contribution in [2.75, 3.05) is 6.61 Å². The number of hydrogen-bond donors (Lipinski definition) is 1. The van der Waals surface area contributed by atoms with Crippen LogP contribution in [-0.4, -0.2) is 12.5 Å². The molecular formula is C25H26ClNO3. The van der Waals surface area contributed by atoms with Crippen molar-refractivity contribution < 1.29 is 14.3 Å². The lowest BCUT2D eigenvalue weighted by Crippen LogP contribution is -2.26. The molecule has 0 heterocycles. The van der Waals surface area contributed by atoms with Gasteiger partial charge in [-0.05, 0) is 68.3 Å². The van der Waals surface area contributed by atoms with Crippen LogP contribution in [-0.2, 0) is 6.61 Å². The number of ether oxygens (including phenoxy) is 2. The molecule has 1 N–H and O–H groups in total. The van der Waals surface area contributed by atoms with Crippen LogP contribution < -0.4 is 14.8 Å². The van der Waals surface area contributed by atoms with Crippen LogP contribution in [0, 0.1) is 6.92 Å². The van der Waals surface area contributed by atoms with E-state index in [0.717, 1.165) is 16.7 Å². The first-order chi connectivity index (χ1) is 14.5. The molecule has 1 unspecified atom stereocenters. The first kappa shape index (κ1) is 21.7. The number of carbonyl (C=O) groups is 1. The zero-order chi connectivity index (χ0) is 21.5. The van der Waals surface area contributed by atoms with Gasteiger partial charge >= 0.3 is 0 Å². The topological polar surface area (TPSA) is 47.6 Å². The van der Waals surface area contributed by atoms with E-state index in [1.165, 1.54) is 0 Å². The van der Waals surface area contributed by atoms with E-state index in [-0.39, 0.29) is 18.6 Å². The molecule has 4 nitrogen and oxygen atoms in total. The summed E-state index contributed by atoms with van der Waals surface area (Å²) in [7, 11) is 0. The Bertz CT molecular complexity index is 1000. The second kappa shape index (κ2) is 10.2. The van der Waals surface area contributed by atoms with E-state index in [4.69, 9.17) is 21.1 Å². The minimum absolute atomic E-state index is 0.0954. The number of benzene rings is 3. The third-order valence-electron chi connectivity index (χ3n) is 4.79. The van der Waals surface area contributed by atoms with E-state index in [1.807, 2.05) is 81.4 Å². The fourth-order valence-corrected chi connectivity index (χ4v) is 3.22. The Labute approximate surface area is 182 Å². The SMILES string of the molecule is CCOc1ccc(C(=O)NC(C)c2ccccc2)cc1COc1ccc(Cl)c(C)c1. The summed E-state index contributed by atoms with van der Waals surface area (Å²) in [5.41, 5.74) is 3.37. The van der Waals surface area contributed by atoms with Crippen LogP contribution in [0.5, 0.6) is 11.5 Å². The van der Waals surface area contributed by atoms with Crippen LogP contribution in [0.3, 0.4) is 0 Å². The van der Waals surface area contributed by atoms with Crippen molar-refractivity contribution >= 4 is 17.5 Å². The molecule has 0 radical (unpaired) electrons. The quantitative estimate of drug-likeness (QED) is 0.475. The third kappa shape index (κ3) is 5.55. The molecule has 3 aromatic rings. The Balaban J connectivity index is 1.75. The van der Waals surface area contributed by atoms with E-state index in [1.54, 1.807) is 6.07 Å². The molecule has 1 atom stereocenters. The second-order valence-corrected chi connectivity index (χ2v) is 7.47. The van der Waals surface area contributed by atoms with Gasteiger partial charge in [-0.2, -0.15) is 0 Å². The highest BCUT2D eigenvalue weighted by molar-refractivity contribution is 6.31. The van der Waals surface area contributed by atoms with Crippen LogP contribution in [0.15, 0.2) is 66.7 Å². The smallest absolute Gasteiger partial charge is 0.251 e. The molecule has 3 rings (SSSR count). The first-order valence-corrected chi connectivity index (χ1v) is 10.4. The minimum Gasteiger partial charge on any atom is -0.493 e. The normalized spacial score (nSPS) is 11.6. The van der Waals surface area contributed by atoms with Crippen molar-refractivity contribution in [1.29, 1.82) is 0 Å². The molecule has 5 heteroatoms. The van der Waals surface area contributed by atoms with Crippen molar-refractivity contribution in [3.63, 3.8) is 0 Å². The van der Waals surface area contributed by atoms with E-state index in [9.17, 15) is 4.79 Å². The van der Waals surface area contributed by atoms with Gasteiger partial charge in [0.1, 0.15) is 18.1 Å². The van der Waals surface area contributed by atoms with Crippen LogP contribution in [0.1, 0.15) is 46.9 Å². The second-order valence-electron chi connectivity index (χ2n) is 7.06. The van der Waals surface area contributed by atoms with Crippen LogP contribution in [0.2, 0.25) is 5.02 Å². The fraction of sp³-hybridized carbons (Fsp3) is 0.240. The molecule has 0 spiro atoms. The van der Waals surface area contributed by atoms with Gasteiger partial charge in [-0.3, -0.25) is 4.79 Å². The average molecular weight is 424 g/mol. The predicted molar refractivity (Wildman–Crippen MR) is 120 cm³/mol. The summed E-state index contributed by atoms with van der Waals surface area (Å²) in [6.07, 6.45) is 0. The Morgan fingerprint density at radius 3 is 2.50 bits per heavy atom. The molecule has 0 aliphatic heterocycles. The number of halogens is 1. The van der Waals surface area contributed by atoms with Gasteiger partial charge in [0.2, 0.25) is 0 Å². The van der Waals surface area contributed by atoms with Gasteiger partial charge in [-0.25, -0.2) is 0 Å². The van der Waals surface area contributed by atoms with Crippen molar-refractivity contribution in [2.45, 2.75) is 33.4 Å². The van der Waals surface area contributed by atoms with E-state index in [2.05, 4.69) is 5.32 Å². The van der Waals surface area contributed by atoms with Gasteiger partial charge in [0.05, 0.1) is 12.6 Å². The molecule has 0 saturated carbocycles. The molecule has 1 amide bonds. The predicted octanol–water partition coefficient (Wildman–Crippen LogP) is 6.12. The standard InChI is InChI=1S/C25H26ClNO3/c1-4-29-24-13-10-20(25(28)27-18(3)19-8-6-5-7-9-19)15-21(24)16-30-22-11-12-23(26)17(2)14-22/h5-15,18H,4,16H2,1-3H3,(H,27,28).